The Bertz CT molecular complexity index is 296. The van der Waals surface area contributed by atoms with E-state index in [1.165, 1.54) is 19.3 Å². The van der Waals surface area contributed by atoms with Crippen molar-refractivity contribution in [1.29, 1.82) is 0 Å². The van der Waals surface area contributed by atoms with Gasteiger partial charge in [-0.3, -0.25) is 4.98 Å². The van der Waals surface area contributed by atoms with Crippen molar-refractivity contribution >= 4 is 17.4 Å². The van der Waals surface area contributed by atoms with Crippen molar-refractivity contribution in [2.24, 2.45) is 0 Å². The van der Waals surface area contributed by atoms with E-state index in [4.69, 9.17) is 11.6 Å². The van der Waals surface area contributed by atoms with Crippen molar-refractivity contribution in [1.82, 2.24) is 9.97 Å². The second kappa shape index (κ2) is 4.79. The van der Waals surface area contributed by atoms with Crippen LogP contribution in [0.15, 0.2) is 18.6 Å². The Morgan fingerprint density at radius 3 is 2.67 bits per heavy atom. The van der Waals surface area contributed by atoms with Gasteiger partial charge >= 0.3 is 0 Å². The molecule has 1 fully saturated rings. The molecule has 1 aliphatic rings. The Labute approximate surface area is 95.3 Å². The molecule has 0 radical (unpaired) electrons. The van der Waals surface area contributed by atoms with Gasteiger partial charge in [0.2, 0.25) is 0 Å². The molecule has 15 heavy (non-hydrogen) atoms. The zero-order valence-electron chi connectivity index (χ0n) is 8.75. The fraction of sp³-hybridized carbons (Fsp3) is 0.636. The van der Waals surface area contributed by atoms with Gasteiger partial charge in [-0.2, -0.15) is 0 Å². The molecule has 1 saturated carbocycles. The number of aromatic nitrogens is 2. The average Bonchev–Trinajstić information content (AvgIpc) is 2.32. The molecule has 0 amide bonds. The highest BCUT2D eigenvalue weighted by atomic mass is 35.5. The van der Waals surface area contributed by atoms with E-state index in [9.17, 15) is 0 Å². The van der Waals surface area contributed by atoms with E-state index in [0.717, 1.165) is 18.7 Å². The van der Waals surface area contributed by atoms with Gasteiger partial charge in [0.25, 0.3) is 0 Å². The summed E-state index contributed by atoms with van der Waals surface area (Å²) in [5.41, 5.74) is 0.0375. The molecule has 1 aromatic heterocycles. The summed E-state index contributed by atoms with van der Waals surface area (Å²) < 4.78 is 0. The van der Waals surface area contributed by atoms with Gasteiger partial charge < -0.3 is 5.32 Å². The Balaban J connectivity index is 2.07. The first kappa shape index (κ1) is 10.7. The highest BCUT2D eigenvalue weighted by Crippen LogP contribution is 2.31. The van der Waals surface area contributed by atoms with Crippen LogP contribution in [0.25, 0.3) is 0 Å². The Kier molecular flexibility index (Phi) is 3.41. The zero-order chi connectivity index (χ0) is 10.6. The number of alkyl halides is 1. The largest absolute Gasteiger partial charge is 0.362 e. The average molecular weight is 226 g/mol. The second-order valence-corrected chi connectivity index (χ2v) is 4.46. The van der Waals surface area contributed by atoms with E-state index in [0.29, 0.717) is 5.88 Å². The standard InChI is InChI=1S/C11H16ClN3/c12-9-11(4-2-1-3-5-11)15-10-8-13-6-7-14-10/h6-8H,1-5,9H2,(H,14,15). The minimum atomic E-state index is 0.0375. The van der Waals surface area contributed by atoms with Crippen LogP contribution in [0.5, 0.6) is 0 Å². The molecule has 1 N–H and O–H groups in total. The number of nitrogens with one attached hydrogen (secondary N) is 1. The molecular weight excluding hydrogens is 210 g/mol. The lowest BCUT2D eigenvalue weighted by atomic mass is 9.83. The monoisotopic (exact) mass is 225 g/mol. The van der Waals surface area contributed by atoms with Crippen LogP contribution >= 0.6 is 11.6 Å². The van der Waals surface area contributed by atoms with E-state index >= 15 is 0 Å². The molecule has 1 heterocycles. The topological polar surface area (TPSA) is 37.8 Å². The van der Waals surface area contributed by atoms with E-state index in [2.05, 4.69) is 15.3 Å². The van der Waals surface area contributed by atoms with E-state index in [1.54, 1.807) is 18.6 Å². The third-order valence-corrected chi connectivity index (χ3v) is 3.53. The summed E-state index contributed by atoms with van der Waals surface area (Å²) in [4.78, 5) is 8.28. The molecule has 0 aliphatic heterocycles. The summed E-state index contributed by atoms with van der Waals surface area (Å²) in [6.45, 7) is 0. The number of rotatable bonds is 3. The van der Waals surface area contributed by atoms with Crippen LogP contribution in [-0.2, 0) is 0 Å². The number of nitrogens with zero attached hydrogens (tertiary/aromatic N) is 2. The van der Waals surface area contributed by atoms with E-state index in [1.807, 2.05) is 0 Å². The third-order valence-electron chi connectivity index (χ3n) is 3.02. The molecule has 0 unspecified atom stereocenters. The van der Waals surface area contributed by atoms with Gasteiger partial charge in [-0.25, -0.2) is 4.98 Å². The molecule has 0 saturated heterocycles. The summed E-state index contributed by atoms with van der Waals surface area (Å²) in [7, 11) is 0. The van der Waals surface area contributed by atoms with Crippen molar-refractivity contribution in [2.45, 2.75) is 37.6 Å². The summed E-state index contributed by atoms with van der Waals surface area (Å²) in [5.74, 6) is 1.48. The second-order valence-electron chi connectivity index (χ2n) is 4.19. The number of hydrogen-bond donors (Lipinski definition) is 1. The van der Waals surface area contributed by atoms with Crippen LogP contribution in [0, 0.1) is 0 Å². The molecule has 1 aromatic rings. The SMILES string of the molecule is ClCC1(Nc2cnccn2)CCCCC1. The van der Waals surface area contributed by atoms with Crippen molar-refractivity contribution in [3.05, 3.63) is 18.6 Å². The molecule has 3 nitrogen and oxygen atoms in total. The number of hydrogen-bond acceptors (Lipinski definition) is 3. The quantitative estimate of drug-likeness (QED) is 0.804. The summed E-state index contributed by atoms with van der Waals surface area (Å²) in [6, 6.07) is 0. The molecule has 4 heteroatoms. The van der Waals surface area contributed by atoms with Crippen molar-refractivity contribution in [3.8, 4) is 0 Å². The van der Waals surface area contributed by atoms with Gasteiger partial charge in [-0.1, -0.05) is 19.3 Å². The van der Waals surface area contributed by atoms with Crippen molar-refractivity contribution < 1.29 is 0 Å². The Hall–Kier alpha value is -0.830. The highest BCUT2D eigenvalue weighted by molar-refractivity contribution is 6.18. The first-order valence-electron chi connectivity index (χ1n) is 5.45. The van der Waals surface area contributed by atoms with Gasteiger partial charge in [-0.15, -0.1) is 11.6 Å². The van der Waals surface area contributed by atoms with Crippen LogP contribution in [0.2, 0.25) is 0 Å². The summed E-state index contributed by atoms with van der Waals surface area (Å²) in [6.07, 6.45) is 11.2. The van der Waals surface area contributed by atoms with E-state index in [-0.39, 0.29) is 5.54 Å². The van der Waals surface area contributed by atoms with E-state index < -0.39 is 0 Å². The molecular formula is C11H16ClN3. The molecule has 2 rings (SSSR count). The third kappa shape index (κ3) is 2.59. The van der Waals surface area contributed by atoms with Crippen LogP contribution in [0.4, 0.5) is 5.82 Å². The lowest BCUT2D eigenvalue weighted by Crippen LogP contribution is -2.42. The van der Waals surface area contributed by atoms with Crippen LogP contribution in [0.3, 0.4) is 0 Å². The maximum Gasteiger partial charge on any atom is 0.144 e. The van der Waals surface area contributed by atoms with Crippen molar-refractivity contribution in [3.63, 3.8) is 0 Å². The molecule has 0 aromatic carbocycles. The predicted octanol–water partition coefficient (Wildman–Crippen LogP) is 2.83. The zero-order valence-corrected chi connectivity index (χ0v) is 9.50. The minimum absolute atomic E-state index is 0.0375. The predicted molar refractivity (Wildman–Crippen MR) is 62.2 cm³/mol. The molecule has 1 aliphatic carbocycles. The van der Waals surface area contributed by atoms with Gasteiger partial charge in [0.1, 0.15) is 5.82 Å². The summed E-state index contributed by atoms with van der Waals surface area (Å²) in [5, 5.41) is 3.44. The van der Waals surface area contributed by atoms with Crippen LogP contribution in [0.1, 0.15) is 32.1 Å². The summed E-state index contributed by atoms with van der Waals surface area (Å²) >= 11 is 6.08. The van der Waals surface area contributed by atoms with Gasteiger partial charge in [-0.05, 0) is 12.8 Å². The Morgan fingerprint density at radius 1 is 1.27 bits per heavy atom. The van der Waals surface area contributed by atoms with Gasteiger partial charge in [0.05, 0.1) is 11.7 Å². The number of halogens is 1. The Morgan fingerprint density at radius 2 is 2.07 bits per heavy atom. The van der Waals surface area contributed by atoms with Crippen molar-refractivity contribution in [2.75, 3.05) is 11.2 Å². The van der Waals surface area contributed by atoms with Crippen LogP contribution < -0.4 is 5.32 Å². The van der Waals surface area contributed by atoms with Gasteiger partial charge in [0.15, 0.2) is 0 Å². The first-order chi connectivity index (χ1) is 7.35. The minimum Gasteiger partial charge on any atom is -0.362 e. The highest BCUT2D eigenvalue weighted by Gasteiger charge is 2.31. The number of anilines is 1. The van der Waals surface area contributed by atoms with Gasteiger partial charge in [0, 0.05) is 18.3 Å². The molecule has 82 valence electrons. The maximum atomic E-state index is 6.08. The first-order valence-corrected chi connectivity index (χ1v) is 5.98. The molecule has 0 spiro atoms. The normalized spacial score (nSPS) is 19.8. The fourth-order valence-corrected chi connectivity index (χ4v) is 2.49. The lowest BCUT2D eigenvalue weighted by molar-refractivity contribution is 0.352. The molecule has 0 atom stereocenters. The molecule has 0 bridgehead atoms. The fourth-order valence-electron chi connectivity index (χ4n) is 2.16. The van der Waals surface area contributed by atoms with Crippen LogP contribution in [-0.4, -0.2) is 21.4 Å². The lowest BCUT2D eigenvalue weighted by Gasteiger charge is -2.36. The maximum absolute atomic E-state index is 6.08. The smallest absolute Gasteiger partial charge is 0.144 e.